The van der Waals surface area contributed by atoms with Gasteiger partial charge in [-0.05, 0) is 12.3 Å². The Morgan fingerprint density at radius 1 is 1.38 bits per heavy atom. The Labute approximate surface area is 75.2 Å². The van der Waals surface area contributed by atoms with E-state index in [1.807, 2.05) is 0 Å². The third-order valence-electron chi connectivity index (χ3n) is 1.93. The summed E-state index contributed by atoms with van der Waals surface area (Å²) >= 11 is 0. The van der Waals surface area contributed by atoms with Gasteiger partial charge in [0.25, 0.3) is 0 Å². The van der Waals surface area contributed by atoms with Gasteiger partial charge in [0.1, 0.15) is 6.61 Å². The molecule has 5 heteroatoms. The van der Waals surface area contributed by atoms with Gasteiger partial charge in [0.2, 0.25) is 0 Å². The van der Waals surface area contributed by atoms with Crippen LogP contribution in [0.25, 0.3) is 0 Å². The van der Waals surface area contributed by atoms with Crippen molar-refractivity contribution in [3.63, 3.8) is 0 Å². The topological polar surface area (TPSA) is 35.2 Å². The van der Waals surface area contributed by atoms with Gasteiger partial charge in [0.05, 0.1) is 6.61 Å². The molecule has 1 rings (SSSR count). The van der Waals surface area contributed by atoms with E-state index >= 15 is 0 Å². The molecule has 2 N–H and O–H groups in total. The molecule has 0 aromatic rings. The molecular formula is C8H14F3NO. The molecule has 0 bridgehead atoms. The minimum atomic E-state index is -4.24. The number of halogens is 3. The summed E-state index contributed by atoms with van der Waals surface area (Å²) in [6, 6.07) is -0.241. The molecule has 0 aromatic heterocycles. The Hall–Kier alpha value is -0.290. The number of nitrogens with two attached hydrogens (primary N) is 1. The highest BCUT2D eigenvalue weighted by Crippen LogP contribution is 2.33. The molecule has 0 heterocycles. The lowest BCUT2D eigenvalue weighted by Crippen LogP contribution is -2.29. The molecule has 1 fully saturated rings. The summed E-state index contributed by atoms with van der Waals surface area (Å²) in [4.78, 5) is 0. The van der Waals surface area contributed by atoms with Gasteiger partial charge in [-0.25, -0.2) is 0 Å². The lowest BCUT2D eigenvalue weighted by molar-refractivity contribution is -0.174. The SMILES string of the molecule is NC(COCC(F)(F)F)CC1CC1. The normalized spacial score (nSPS) is 20.3. The van der Waals surface area contributed by atoms with Gasteiger partial charge < -0.3 is 10.5 Å². The van der Waals surface area contributed by atoms with E-state index in [1.54, 1.807) is 0 Å². The van der Waals surface area contributed by atoms with Gasteiger partial charge in [0, 0.05) is 6.04 Å². The van der Waals surface area contributed by atoms with Gasteiger partial charge in [-0.2, -0.15) is 13.2 Å². The van der Waals surface area contributed by atoms with Crippen molar-refractivity contribution in [1.29, 1.82) is 0 Å². The van der Waals surface area contributed by atoms with Crippen molar-refractivity contribution in [2.24, 2.45) is 11.7 Å². The summed E-state index contributed by atoms with van der Waals surface area (Å²) in [6.07, 6.45) is -1.13. The summed E-state index contributed by atoms with van der Waals surface area (Å²) < 4.78 is 39.3. The van der Waals surface area contributed by atoms with Crippen LogP contribution >= 0.6 is 0 Å². The summed E-state index contributed by atoms with van der Waals surface area (Å²) in [6.45, 7) is -1.18. The first-order chi connectivity index (χ1) is 5.97. The van der Waals surface area contributed by atoms with E-state index in [2.05, 4.69) is 4.74 Å². The fourth-order valence-corrected chi connectivity index (χ4v) is 1.18. The molecule has 1 unspecified atom stereocenters. The van der Waals surface area contributed by atoms with Crippen LogP contribution in [0.15, 0.2) is 0 Å². The van der Waals surface area contributed by atoms with Gasteiger partial charge in [-0.15, -0.1) is 0 Å². The lowest BCUT2D eigenvalue weighted by atomic mass is 10.2. The average molecular weight is 197 g/mol. The smallest absolute Gasteiger partial charge is 0.370 e. The van der Waals surface area contributed by atoms with Crippen LogP contribution in [0.5, 0.6) is 0 Å². The van der Waals surface area contributed by atoms with Crippen molar-refractivity contribution < 1.29 is 17.9 Å². The van der Waals surface area contributed by atoms with E-state index in [1.165, 1.54) is 0 Å². The fourth-order valence-electron chi connectivity index (χ4n) is 1.18. The Morgan fingerprint density at radius 2 is 2.00 bits per heavy atom. The third-order valence-corrected chi connectivity index (χ3v) is 1.93. The molecule has 1 atom stereocenters. The van der Waals surface area contributed by atoms with E-state index in [9.17, 15) is 13.2 Å². The van der Waals surface area contributed by atoms with Crippen LogP contribution in [0.3, 0.4) is 0 Å². The first-order valence-electron chi connectivity index (χ1n) is 4.37. The molecule has 0 aromatic carbocycles. The monoisotopic (exact) mass is 197 g/mol. The molecular weight excluding hydrogens is 183 g/mol. The highest BCUT2D eigenvalue weighted by Gasteiger charge is 2.28. The highest BCUT2D eigenvalue weighted by molar-refractivity contribution is 4.78. The Balaban J connectivity index is 1.97. The molecule has 0 aliphatic heterocycles. The van der Waals surface area contributed by atoms with Gasteiger partial charge in [-0.3, -0.25) is 0 Å². The number of rotatable bonds is 5. The lowest BCUT2D eigenvalue weighted by Gasteiger charge is -2.12. The molecule has 1 saturated carbocycles. The highest BCUT2D eigenvalue weighted by atomic mass is 19.4. The Bertz CT molecular complexity index is 156. The fraction of sp³-hybridized carbons (Fsp3) is 1.00. The molecule has 13 heavy (non-hydrogen) atoms. The maximum absolute atomic E-state index is 11.6. The predicted octanol–water partition coefficient (Wildman–Crippen LogP) is 1.69. The van der Waals surface area contributed by atoms with Gasteiger partial charge >= 0.3 is 6.18 Å². The number of alkyl halides is 3. The number of hydrogen-bond acceptors (Lipinski definition) is 2. The zero-order chi connectivity index (χ0) is 9.90. The molecule has 1 aliphatic rings. The second kappa shape index (κ2) is 4.28. The van der Waals surface area contributed by atoms with Crippen molar-refractivity contribution in [1.82, 2.24) is 0 Å². The first kappa shape index (κ1) is 10.8. The van der Waals surface area contributed by atoms with Crippen molar-refractivity contribution in [2.75, 3.05) is 13.2 Å². The summed E-state index contributed by atoms with van der Waals surface area (Å²) in [5.41, 5.74) is 5.55. The van der Waals surface area contributed by atoms with Gasteiger partial charge in [0.15, 0.2) is 0 Å². The standard InChI is InChI=1S/C8H14F3NO/c9-8(10,11)5-13-4-7(12)3-6-1-2-6/h6-7H,1-5,12H2. The number of hydrogen-bond donors (Lipinski definition) is 1. The van der Waals surface area contributed by atoms with Crippen LogP contribution in [0, 0.1) is 5.92 Å². The Kier molecular flexibility index (Phi) is 3.55. The minimum absolute atomic E-state index is 0.00993. The van der Waals surface area contributed by atoms with E-state index < -0.39 is 12.8 Å². The molecule has 78 valence electrons. The summed E-state index contributed by atoms with van der Waals surface area (Å²) in [5.74, 6) is 0.629. The molecule has 0 spiro atoms. The summed E-state index contributed by atoms with van der Waals surface area (Å²) in [7, 11) is 0. The van der Waals surface area contributed by atoms with Crippen molar-refractivity contribution in [3.05, 3.63) is 0 Å². The maximum atomic E-state index is 11.6. The van der Waals surface area contributed by atoms with Crippen LogP contribution < -0.4 is 5.73 Å². The zero-order valence-corrected chi connectivity index (χ0v) is 7.31. The summed E-state index contributed by atoms with van der Waals surface area (Å²) in [5, 5.41) is 0. The average Bonchev–Trinajstić information content (AvgIpc) is 2.68. The first-order valence-corrected chi connectivity index (χ1v) is 4.37. The van der Waals surface area contributed by atoms with E-state index in [0.717, 1.165) is 19.3 Å². The minimum Gasteiger partial charge on any atom is -0.370 e. The molecule has 0 radical (unpaired) electrons. The molecule has 2 nitrogen and oxygen atoms in total. The van der Waals surface area contributed by atoms with E-state index in [4.69, 9.17) is 5.73 Å². The van der Waals surface area contributed by atoms with E-state index in [0.29, 0.717) is 5.92 Å². The third kappa shape index (κ3) is 5.87. The van der Waals surface area contributed by atoms with Crippen LogP contribution in [-0.2, 0) is 4.74 Å². The van der Waals surface area contributed by atoms with Crippen molar-refractivity contribution >= 4 is 0 Å². The Morgan fingerprint density at radius 3 is 2.46 bits per heavy atom. The van der Waals surface area contributed by atoms with Crippen molar-refractivity contribution in [3.8, 4) is 0 Å². The van der Waals surface area contributed by atoms with Crippen LogP contribution in [0.4, 0.5) is 13.2 Å². The molecule has 1 aliphatic carbocycles. The second-order valence-corrected chi connectivity index (χ2v) is 3.57. The van der Waals surface area contributed by atoms with Gasteiger partial charge in [-0.1, -0.05) is 12.8 Å². The van der Waals surface area contributed by atoms with E-state index in [-0.39, 0.29) is 12.6 Å². The second-order valence-electron chi connectivity index (χ2n) is 3.57. The zero-order valence-electron chi connectivity index (χ0n) is 7.31. The molecule has 0 saturated heterocycles. The number of ether oxygens (including phenoxy) is 1. The maximum Gasteiger partial charge on any atom is 0.411 e. The van der Waals surface area contributed by atoms with Crippen LogP contribution in [0.2, 0.25) is 0 Å². The van der Waals surface area contributed by atoms with Crippen LogP contribution in [-0.4, -0.2) is 25.4 Å². The largest absolute Gasteiger partial charge is 0.411 e. The molecule has 0 amide bonds. The predicted molar refractivity (Wildman–Crippen MR) is 42.2 cm³/mol. The van der Waals surface area contributed by atoms with Crippen LogP contribution in [0.1, 0.15) is 19.3 Å². The van der Waals surface area contributed by atoms with Crippen molar-refractivity contribution in [2.45, 2.75) is 31.5 Å². The quantitative estimate of drug-likeness (QED) is 0.728.